The van der Waals surface area contributed by atoms with E-state index in [0.717, 1.165) is 38.2 Å². The second kappa shape index (κ2) is 6.98. The molecule has 2 N–H and O–H groups in total. The highest BCUT2D eigenvalue weighted by Gasteiger charge is 2.17. The molecule has 1 aromatic carbocycles. The van der Waals surface area contributed by atoms with Crippen molar-refractivity contribution >= 4 is 11.6 Å². The van der Waals surface area contributed by atoms with Crippen LogP contribution < -0.4 is 10.5 Å². The number of hydrogen-bond donors (Lipinski definition) is 1. The molecule has 0 aliphatic carbocycles. The summed E-state index contributed by atoms with van der Waals surface area (Å²) in [5.41, 5.74) is 6.09. The molecule has 18 heavy (non-hydrogen) atoms. The summed E-state index contributed by atoms with van der Waals surface area (Å²) >= 11 is 5.89. The molecule has 1 unspecified atom stereocenters. The number of rotatable bonds is 5. The maximum absolute atomic E-state index is 6.09. The molecule has 1 fully saturated rings. The van der Waals surface area contributed by atoms with Gasteiger partial charge in [0, 0.05) is 24.3 Å². The van der Waals surface area contributed by atoms with E-state index >= 15 is 0 Å². The third-order valence-corrected chi connectivity index (χ3v) is 3.47. The molecule has 0 bridgehead atoms. The fourth-order valence-electron chi connectivity index (χ4n) is 2.24. The quantitative estimate of drug-likeness (QED) is 0.894. The van der Waals surface area contributed by atoms with Crippen LogP contribution in [0.5, 0.6) is 5.75 Å². The van der Waals surface area contributed by atoms with E-state index in [1.54, 1.807) is 0 Å². The first-order chi connectivity index (χ1) is 8.74. The van der Waals surface area contributed by atoms with Gasteiger partial charge in [-0.3, -0.25) is 0 Å². The lowest BCUT2D eigenvalue weighted by molar-refractivity contribution is 0.0600. The molecule has 0 spiro atoms. The van der Waals surface area contributed by atoms with Crippen LogP contribution in [-0.4, -0.2) is 25.9 Å². The summed E-state index contributed by atoms with van der Waals surface area (Å²) < 4.78 is 11.0. The minimum atomic E-state index is 0.0760. The Balaban J connectivity index is 1.72. The summed E-state index contributed by atoms with van der Waals surface area (Å²) in [4.78, 5) is 0. The van der Waals surface area contributed by atoms with E-state index in [4.69, 9.17) is 26.8 Å². The van der Waals surface area contributed by atoms with Crippen LogP contribution in [0.1, 0.15) is 19.3 Å². The molecule has 0 saturated carbocycles. The molecule has 0 radical (unpaired) electrons. The first-order valence-electron chi connectivity index (χ1n) is 6.46. The van der Waals surface area contributed by atoms with Gasteiger partial charge >= 0.3 is 0 Å². The zero-order valence-electron chi connectivity index (χ0n) is 10.5. The van der Waals surface area contributed by atoms with Crippen LogP contribution in [-0.2, 0) is 4.74 Å². The topological polar surface area (TPSA) is 44.5 Å². The molecule has 1 heterocycles. The SMILES string of the molecule is NC(COc1cccc(Cl)c1)CC1CCOCC1. The molecule has 0 aromatic heterocycles. The van der Waals surface area contributed by atoms with E-state index in [1.165, 1.54) is 0 Å². The van der Waals surface area contributed by atoms with Crippen LogP contribution in [0, 0.1) is 5.92 Å². The number of benzene rings is 1. The van der Waals surface area contributed by atoms with Crippen molar-refractivity contribution in [2.45, 2.75) is 25.3 Å². The van der Waals surface area contributed by atoms with Crippen LogP contribution in [0.15, 0.2) is 24.3 Å². The van der Waals surface area contributed by atoms with Gasteiger partial charge in [0.05, 0.1) is 0 Å². The van der Waals surface area contributed by atoms with Crippen molar-refractivity contribution in [3.05, 3.63) is 29.3 Å². The van der Waals surface area contributed by atoms with Crippen molar-refractivity contribution in [3.63, 3.8) is 0 Å². The summed E-state index contributed by atoms with van der Waals surface area (Å²) in [6, 6.07) is 7.49. The van der Waals surface area contributed by atoms with Crippen LogP contribution in [0.4, 0.5) is 0 Å². The van der Waals surface area contributed by atoms with Gasteiger partial charge in [-0.15, -0.1) is 0 Å². The maximum Gasteiger partial charge on any atom is 0.120 e. The second-order valence-electron chi connectivity index (χ2n) is 4.82. The van der Waals surface area contributed by atoms with Crippen molar-refractivity contribution in [1.29, 1.82) is 0 Å². The van der Waals surface area contributed by atoms with Crippen molar-refractivity contribution in [3.8, 4) is 5.75 Å². The number of ether oxygens (including phenoxy) is 2. The normalized spacial score (nSPS) is 18.6. The van der Waals surface area contributed by atoms with Crippen molar-refractivity contribution in [2.24, 2.45) is 11.7 Å². The number of nitrogens with two attached hydrogens (primary N) is 1. The molecular weight excluding hydrogens is 250 g/mol. The lowest BCUT2D eigenvalue weighted by Crippen LogP contribution is -2.32. The number of hydrogen-bond acceptors (Lipinski definition) is 3. The summed E-state index contributed by atoms with van der Waals surface area (Å²) in [5, 5.41) is 0.686. The standard InChI is InChI=1S/C14H20ClNO2/c15-12-2-1-3-14(9-12)18-10-13(16)8-11-4-6-17-7-5-11/h1-3,9,11,13H,4-8,10,16H2. The molecule has 1 aliphatic heterocycles. The average molecular weight is 270 g/mol. The Bertz CT molecular complexity index is 367. The fraction of sp³-hybridized carbons (Fsp3) is 0.571. The second-order valence-corrected chi connectivity index (χ2v) is 5.26. The van der Waals surface area contributed by atoms with Gasteiger partial charge in [0.25, 0.3) is 0 Å². The van der Waals surface area contributed by atoms with Gasteiger partial charge in [-0.05, 0) is 43.4 Å². The average Bonchev–Trinajstić information content (AvgIpc) is 2.38. The van der Waals surface area contributed by atoms with Crippen LogP contribution in [0.3, 0.4) is 0 Å². The molecule has 2 rings (SSSR count). The Hall–Kier alpha value is -0.770. The van der Waals surface area contributed by atoms with Gasteiger partial charge in [-0.25, -0.2) is 0 Å². The highest BCUT2D eigenvalue weighted by Crippen LogP contribution is 2.21. The largest absolute Gasteiger partial charge is 0.492 e. The van der Waals surface area contributed by atoms with E-state index in [0.29, 0.717) is 17.5 Å². The number of halogens is 1. The summed E-state index contributed by atoms with van der Waals surface area (Å²) in [6.45, 7) is 2.27. The van der Waals surface area contributed by atoms with Gasteiger partial charge in [0.2, 0.25) is 0 Å². The van der Waals surface area contributed by atoms with Crippen LogP contribution >= 0.6 is 11.6 Å². The smallest absolute Gasteiger partial charge is 0.120 e. The first kappa shape index (κ1) is 13.7. The van der Waals surface area contributed by atoms with E-state index in [9.17, 15) is 0 Å². The Morgan fingerprint density at radius 1 is 1.39 bits per heavy atom. The lowest BCUT2D eigenvalue weighted by atomic mass is 9.93. The lowest BCUT2D eigenvalue weighted by Gasteiger charge is -2.24. The highest BCUT2D eigenvalue weighted by molar-refractivity contribution is 6.30. The van der Waals surface area contributed by atoms with Crippen molar-refractivity contribution < 1.29 is 9.47 Å². The van der Waals surface area contributed by atoms with Crippen molar-refractivity contribution in [2.75, 3.05) is 19.8 Å². The van der Waals surface area contributed by atoms with Gasteiger partial charge in [-0.1, -0.05) is 17.7 Å². The van der Waals surface area contributed by atoms with Gasteiger partial charge in [0.1, 0.15) is 12.4 Å². The Labute approximate surface area is 113 Å². The monoisotopic (exact) mass is 269 g/mol. The molecule has 1 atom stereocenters. The highest BCUT2D eigenvalue weighted by atomic mass is 35.5. The van der Waals surface area contributed by atoms with E-state index in [2.05, 4.69) is 0 Å². The molecule has 100 valence electrons. The Morgan fingerprint density at radius 3 is 2.89 bits per heavy atom. The zero-order chi connectivity index (χ0) is 12.8. The molecule has 1 saturated heterocycles. The molecule has 3 nitrogen and oxygen atoms in total. The minimum Gasteiger partial charge on any atom is -0.492 e. The maximum atomic E-state index is 6.09. The molecule has 1 aromatic rings. The summed E-state index contributed by atoms with van der Waals surface area (Å²) in [7, 11) is 0. The first-order valence-corrected chi connectivity index (χ1v) is 6.83. The Kier molecular flexibility index (Phi) is 5.29. The van der Waals surface area contributed by atoms with E-state index in [-0.39, 0.29) is 6.04 Å². The molecule has 4 heteroatoms. The van der Waals surface area contributed by atoms with Crippen LogP contribution in [0.2, 0.25) is 5.02 Å². The van der Waals surface area contributed by atoms with E-state index < -0.39 is 0 Å². The van der Waals surface area contributed by atoms with Gasteiger partial charge in [0.15, 0.2) is 0 Å². The van der Waals surface area contributed by atoms with E-state index in [1.807, 2.05) is 24.3 Å². The zero-order valence-corrected chi connectivity index (χ0v) is 11.2. The fourth-order valence-corrected chi connectivity index (χ4v) is 2.42. The van der Waals surface area contributed by atoms with Crippen LogP contribution in [0.25, 0.3) is 0 Å². The van der Waals surface area contributed by atoms with Gasteiger partial charge < -0.3 is 15.2 Å². The molecular formula is C14H20ClNO2. The predicted molar refractivity (Wildman–Crippen MR) is 73.1 cm³/mol. The Morgan fingerprint density at radius 2 is 2.17 bits per heavy atom. The van der Waals surface area contributed by atoms with Crippen molar-refractivity contribution in [1.82, 2.24) is 0 Å². The summed E-state index contributed by atoms with van der Waals surface area (Å²) in [5.74, 6) is 1.46. The molecule has 0 amide bonds. The predicted octanol–water partition coefficient (Wildman–Crippen LogP) is 2.86. The van der Waals surface area contributed by atoms with Gasteiger partial charge in [-0.2, -0.15) is 0 Å². The minimum absolute atomic E-state index is 0.0760. The third-order valence-electron chi connectivity index (χ3n) is 3.24. The third kappa shape index (κ3) is 4.48. The summed E-state index contributed by atoms with van der Waals surface area (Å²) in [6.07, 6.45) is 3.24. The molecule has 1 aliphatic rings.